The molecule has 5 nitrogen and oxygen atoms in total. The second-order valence-corrected chi connectivity index (χ2v) is 4.79. The number of piperidine rings is 1. The van der Waals surface area contributed by atoms with Gasteiger partial charge in [0, 0.05) is 19.2 Å². The molecule has 0 aromatic carbocycles. The first-order chi connectivity index (χ1) is 8.02. The average molecular weight is 237 g/mol. The number of β-amino-alcohol motifs (C(OH)–C–C–N with tert-alkyl or cyclic N) is 1. The Bertz CT molecular complexity index is 407. The van der Waals surface area contributed by atoms with Crippen LogP contribution < -0.4 is 15.4 Å². The normalized spacial score (nSPS) is 24.8. The second kappa shape index (κ2) is 4.41. The van der Waals surface area contributed by atoms with Gasteiger partial charge in [-0.05, 0) is 25.8 Å². The first-order valence-electron chi connectivity index (χ1n) is 5.80. The Balaban J connectivity index is 2.26. The van der Waals surface area contributed by atoms with Crippen molar-refractivity contribution in [1.29, 1.82) is 0 Å². The summed E-state index contributed by atoms with van der Waals surface area (Å²) < 4.78 is 5.10. The molecule has 1 saturated heterocycles. The van der Waals surface area contributed by atoms with Crippen LogP contribution in [0.5, 0.6) is 5.88 Å². The van der Waals surface area contributed by atoms with Crippen molar-refractivity contribution in [2.45, 2.75) is 25.4 Å². The van der Waals surface area contributed by atoms with E-state index in [0.29, 0.717) is 23.9 Å². The minimum absolute atomic E-state index is 0.541. The van der Waals surface area contributed by atoms with Crippen molar-refractivity contribution in [3.63, 3.8) is 0 Å². The SMILES string of the molecule is COc1ccc(N)c(N2CCCC(C)(O)C2)n1. The van der Waals surface area contributed by atoms with Gasteiger partial charge in [0.15, 0.2) is 5.82 Å². The first kappa shape index (κ1) is 12.0. The first-order valence-corrected chi connectivity index (χ1v) is 5.80. The van der Waals surface area contributed by atoms with Gasteiger partial charge in [-0.2, -0.15) is 4.98 Å². The molecule has 0 bridgehead atoms. The van der Waals surface area contributed by atoms with Gasteiger partial charge < -0.3 is 20.5 Å². The van der Waals surface area contributed by atoms with E-state index in [4.69, 9.17) is 10.5 Å². The minimum Gasteiger partial charge on any atom is -0.481 e. The molecule has 1 fully saturated rings. The maximum atomic E-state index is 10.1. The highest BCUT2D eigenvalue weighted by Crippen LogP contribution is 2.29. The summed E-state index contributed by atoms with van der Waals surface area (Å²) in [4.78, 5) is 6.36. The Kier molecular flexibility index (Phi) is 3.11. The topological polar surface area (TPSA) is 71.6 Å². The molecule has 3 N–H and O–H groups in total. The zero-order valence-electron chi connectivity index (χ0n) is 10.3. The molecule has 17 heavy (non-hydrogen) atoms. The van der Waals surface area contributed by atoms with E-state index < -0.39 is 5.60 Å². The summed E-state index contributed by atoms with van der Waals surface area (Å²) in [5, 5.41) is 10.1. The molecule has 2 heterocycles. The number of anilines is 2. The zero-order valence-corrected chi connectivity index (χ0v) is 10.3. The van der Waals surface area contributed by atoms with Crippen molar-refractivity contribution >= 4 is 11.5 Å². The summed E-state index contributed by atoms with van der Waals surface area (Å²) in [7, 11) is 1.58. The lowest BCUT2D eigenvalue weighted by molar-refractivity contribution is 0.0447. The van der Waals surface area contributed by atoms with Crippen LogP contribution in [0.4, 0.5) is 11.5 Å². The number of pyridine rings is 1. The van der Waals surface area contributed by atoms with Crippen LogP contribution in [0.3, 0.4) is 0 Å². The number of aliphatic hydroxyl groups is 1. The van der Waals surface area contributed by atoms with Crippen LogP contribution >= 0.6 is 0 Å². The van der Waals surface area contributed by atoms with Crippen LogP contribution in [-0.2, 0) is 0 Å². The molecule has 5 heteroatoms. The lowest BCUT2D eigenvalue weighted by Gasteiger charge is -2.37. The highest BCUT2D eigenvalue weighted by Gasteiger charge is 2.29. The predicted octanol–water partition coefficient (Wildman–Crippen LogP) is 1.02. The van der Waals surface area contributed by atoms with Gasteiger partial charge in [0.1, 0.15) is 0 Å². The third kappa shape index (κ3) is 2.61. The Morgan fingerprint density at radius 2 is 2.29 bits per heavy atom. The molecule has 1 unspecified atom stereocenters. The fraction of sp³-hybridized carbons (Fsp3) is 0.583. The van der Waals surface area contributed by atoms with Crippen LogP contribution in [-0.4, -0.2) is 35.9 Å². The Hall–Kier alpha value is -1.49. The summed E-state index contributed by atoms with van der Waals surface area (Å²) in [6, 6.07) is 3.52. The van der Waals surface area contributed by atoms with Crippen LogP contribution in [0.2, 0.25) is 0 Å². The molecular weight excluding hydrogens is 218 g/mol. The number of methoxy groups -OCH3 is 1. The molecular formula is C12H19N3O2. The Morgan fingerprint density at radius 1 is 1.53 bits per heavy atom. The van der Waals surface area contributed by atoms with Crippen LogP contribution in [0, 0.1) is 0 Å². The molecule has 94 valence electrons. The molecule has 0 aliphatic carbocycles. The smallest absolute Gasteiger partial charge is 0.215 e. The van der Waals surface area contributed by atoms with E-state index in [1.54, 1.807) is 19.2 Å². The summed E-state index contributed by atoms with van der Waals surface area (Å²) in [6.45, 7) is 3.26. The number of ether oxygens (including phenoxy) is 1. The molecule has 0 saturated carbocycles. The fourth-order valence-corrected chi connectivity index (χ4v) is 2.21. The molecule has 0 spiro atoms. The quantitative estimate of drug-likeness (QED) is 0.803. The summed E-state index contributed by atoms with van der Waals surface area (Å²) in [5.41, 5.74) is 5.87. The van der Waals surface area contributed by atoms with Gasteiger partial charge >= 0.3 is 0 Å². The van der Waals surface area contributed by atoms with Gasteiger partial charge in [-0.25, -0.2) is 0 Å². The molecule has 2 rings (SSSR count). The largest absolute Gasteiger partial charge is 0.481 e. The lowest BCUT2D eigenvalue weighted by atomic mass is 9.95. The monoisotopic (exact) mass is 237 g/mol. The molecule has 1 atom stereocenters. The van der Waals surface area contributed by atoms with E-state index in [1.807, 2.05) is 11.8 Å². The van der Waals surface area contributed by atoms with Crippen LogP contribution in [0.15, 0.2) is 12.1 Å². The second-order valence-electron chi connectivity index (χ2n) is 4.79. The third-order valence-corrected chi connectivity index (χ3v) is 3.06. The molecule has 0 radical (unpaired) electrons. The van der Waals surface area contributed by atoms with E-state index in [2.05, 4.69) is 4.98 Å². The zero-order chi connectivity index (χ0) is 12.5. The summed E-state index contributed by atoms with van der Waals surface area (Å²) >= 11 is 0. The maximum Gasteiger partial charge on any atom is 0.215 e. The lowest BCUT2D eigenvalue weighted by Crippen LogP contribution is -2.46. The van der Waals surface area contributed by atoms with E-state index in [0.717, 1.165) is 19.4 Å². The average Bonchev–Trinajstić information content (AvgIpc) is 2.28. The van der Waals surface area contributed by atoms with E-state index in [-0.39, 0.29) is 0 Å². The fourth-order valence-electron chi connectivity index (χ4n) is 2.21. The van der Waals surface area contributed by atoms with Crippen LogP contribution in [0.1, 0.15) is 19.8 Å². The predicted molar refractivity (Wildman–Crippen MR) is 67.3 cm³/mol. The van der Waals surface area contributed by atoms with Crippen molar-refractivity contribution in [1.82, 2.24) is 4.98 Å². The number of nitrogens with two attached hydrogens (primary N) is 1. The highest BCUT2D eigenvalue weighted by atomic mass is 16.5. The van der Waals surface area contributed by atoms with Gasteiger partial charge in [0.25, 0.3) is 0 Å². The van der Waals surface area contributed by atoms with Gasteiger partial charge in [0.05, 0.1) is 18.4 Å². The van der Waals surface area contributed by atoms with Gasteiger partial charge in [-0.1, -0.05) is 0 Å². The highest BCUT2D eigenvalue weighted by molar-refractivity contribution is 5.64. The molecule has 1 aliphatic rings. The summed E-state index contributed by atoms with van der Waals surface area (Å²) in [6.07, 6.45) is 1.75. The Morgan fingerprint density at radius 3 is 2.94 bits per heavy atom. The van der Waals surface area contributed by atoms with Crippen molar-refractivity contribution < 1.29 is 9.84 Å². The van der Waals surface area contributed by atoms with E-state index in [1.165, 1.54) is 0 Å². The number of hydrogen-bond acceptors (Lipinski definition) is 5. The Labute approximate surface area is 101 Å². The molecule has 1 aromatic heterocycles. The van der Waals surface area contributed by atoms with E-state index >= 15 is 0 Å². The number of aromatic nitrogens is 1. The molecule has 1 aromatic rings. The van der Waals surface area contributed by atoms with Crippen molar-refractivity contribution in [2.24, 2.45) is 0 Å². The van der Waals surface area contributed by atoms with Gasteiger partial charge in [0.2, 0.25) is 5.88 Å². The standard InChI is InChI=1S/C12H19N3O2/c1-12(16)6-3-7-15(8-12)11-9(13)4-5-10(14-11)17-2/h4-5,16H,3,6-8,13H2,1-2H3. The van der Waals surface area contributed by atoms with Crippen molar-refractivity contribution in [3.8, 4) is 5.88 Å². The molecule has 0 amide bonds. The molecule has 1 aliphatic heterocycles. The summed E-state index contributed by atoms with van der Waals surface area (Å²) in [5.74, 6) is 1.24. The van der Waals surface area contributed by atoms with Crippen LogP contribution in [0.25, 0.3) is 0 Å². The number of nitrogen functional groups attached to an aromatic ring is 1. The number of hydrogen-bond donors (Lipinski definition) is 2. The van der Waals surface area contributed by atoms with Crippen molar-refractivity contribution in [3.05, 3.63) is 12.1 Å². The number of rotatable bonds is 2. The van der Waals surface area contributed by atoms with Crippen molar-refractivity contribution in [2.75, 3.05) is 30.8 Å². The minimum atomic E-state index is -0.671. The van der Waals surface area contributed by atoms with Gasteiger partial charge in [-0.15, -0.1) is 0 Å². The number of nitrogens with zero attached hydrogens (tertiary/aromatic N) is 2. The maximum absolute atomic E-state index is 10.1. The van der Waals surface area contributed by atoms with Gasteiger partial charge in [-0.3, -0.25) is 0 Å². The third-order valence-electron chi connectivity index (χ3n) is 3.06. The van der Waals surface area contributed by atoms with E-state index in [9.17, 15) is 5.11 Å².